The van der Waals surface area contributed by atoms with Gasteiger partial charge >= 0.3 is 0 Å². The molecule has 128 valence electrons. The third kappa shape index (κ3) is 5.94. The molecule has 0 aliphatic carbocycles. The first-order valence-corrected chi connectivity index (χ1v) is 8.40. The number of piperazine rings is 1. The highest BCUT2D eigenvalue weighted by Gasteiger charge is 2.22. The van der Waals surface area contributed by atoms with Crippen LogP contribution in [0.5, 0.6) is 0 Å². The van der Waals surface area contributed by atoms with Gasteiger partial charge in [0, 0.05) is 39.3 Å². The Labute approximate surface area is 138 Å². The maximum Gasteiger partial charge on any atom is 0.227 e. The van der Waals surface area contributed by atoms with Crippen LogP contribution in [-0.4, -0.2) is 72.9 Å². The minimum absolute atomic E-state index is 0.185. The molecule has 5 heteroatoms. The SMILES string of the molecule is CCOC[C@H](O)CN1CCN(C(=O)Cc2cccc(C)c2)CC1. The molecular weight excluding hydrogens is 292 g/mol. The van der Waals surface area contributed by atoms with Gasteiger partial charge in [-0.15, -0.1) is 0 Å². The maximum absolute atomic E-state index is 12.4. The highest BCUT2D eigenvalue weighted by atomic mass is 16.5. The van der Waals surface area contributed by atoms with E-state index in [9.17, 15) is 9.90 Å². The van der Waals surface area contributed by atoms with E-state index in [1.165, 1.54) is 5.56 Å². The molecule has 0 saturated carbocycles. The number of amides is 1. The fourth-order valence-electron chi connectivity index (χ4n) is 2.89. The number of aliphatic hydroxyl groups excluding tert-OH is 1. The van der Waals surface area contributed by atoms with Crippen molar-refractivity contribution in [2.24, 2.45) is 0 Å². The summed E-state index contributed by atoms with van der Waals surface area (Å²) in [6.45, 7) is 8.65. The van der Waals surface area contributed by atoms with Crippen molar-refractivity contribution >= 4 is 5.91 Å². The summed E-state index contributed by atoms with van der Waals surface area (Å²) in [6, 6.07) is 8.11. The van der Waals surface area contributed by atoms with Crippen molar-refractivity contribution in [3.8, 4) is 0 Å². The fraction of sp³-hybridized carbons (Fsp3) is 0.611. The number of carbonyl (C=O) groups is 1. The Balaban J connectivity index is 1.74. The van der Waals surface area contributed by atoms with E-state index >= 15 is 0 Å². The molecule has 1 atom stereocenters. The van der Waals surface area contributed by atoms with Crippen molar-refractivity contribution < 1.29 is 14.6 Å². The summed E-state index contributed by atoms with van der Waals surface area (Å²) in [5.41, 5.74) is 2.26. The van der Waals surface area contributed by atoms with Crippen molar-refractivity contribution in [1.82, 2.24) is 9.80 Å². The molecule has 0 spiro atoms. The van der Waals surface area contributed by atoms with E-state index in [1.807, 2.05) is 36.9 Å². The van der Waals surface area contributed by atoms with Gasteiger partial charge in [0.15, 0.2) is 0 Å². The van der Waals surface area contributed by atoms with Crippen molar-refractivity contribution in [3.63, 3.8) is 0 Å². The summed E-state index contributed by atoms with van der Waals surface area (Å²) in [4.78, 5) is 16.5. The van der Waals surface area contributed by atoms with Gasteiger partial charge in [0.2, 0.25) is 5.91 Å². The second-order valence-corrected chi connectivity index (χ2v) is 6.16. The van der Waals surface area contributed by atoms with Crippen molar-refractivity contribution in [1.29, 1.82) is 0 Å². The molecule has 1 amide bonds. The Hall–Kier alpha value is -1.43. The average Bonchev–Trinajstić information content (AvgIpc) is 2.53. The van der Waals surface area contributed by atoms with Gasteiger partial charge in [0.25, 0.3) is 0 Å². The molecule has 1 heterocycles. The largest absolute Gasteiger partial charge is 0.389 e. The standard InChI is InChI=1S/C18H28N2O3/c1-3-23-14-17(21)13-19-7-9-20(10-8-19)18(22)12-16-6-4-5-15(2)11-16/h4-6,11,17,21H,3,7-10,12-14H2,1-2H3/t17-/m1/s1. The first kappa shape index (κ1) is 17.9. The van der Waals surface area contributed by atoms with Crippen LogP contribution in [0.25, 0.3) is 0 Å². The molecule has 0 unspecified atom stereocenters. The monoisotopic (exact) mass is 320 g/mol. The molecule has 1 N–H and O–H groups in total. The smallest absolute Gasteiger partial charge is 0.227 e. The van der Waals surface area contributed by atoms with Gasteiger partial charge in [0.1, 0.15) is 0 Å². The van der Waals surface area contributed by atoms with Crippen molar-refractivity contribution in [2.75, 3.05) is 45.9 Å². The summed E-state index contributed by atoms with van der Waals surface area (Å²) in [5.74, 6) is 0.185. The first-order valence-electron chi connectivity index (χ1n) is 8.40. The van der Waals surface area contributed by atoms with Crippen molar-refractivity contribution in [2.45, 2.75) is 26.4 Å². The summed E-state index contributed by atoms with van der Waals surface area (Å²) >= 11 is 0. The lowest BCUT2D eigenvalue weighted by Crippen LogP contribution is -2.51. The van der Waals surface area contributed by atoms with Crippen LogP contribution in [0.15, 0.2) is 24.3 Å². The molecule has 1 saturated heterocycles. The van der Waals surface area contributed by atoms with E-state index in [0.717, 1.165) is 31.7 Å². The lowest BCUT2D eigenvalue weighted by atomic mass is 10.1. The lowest BCUT2D eigenvalue weighted by molar-refractivity contribution is -0.132. The summed E-state index contributed by atoms with van der Waals surface area (Å²) < 4.78 is 5.23. The number of nitrogens with zero attached hydrogens (tertiary/aromatic N) is 2. The normalized spacial score (nSPS) is 17.3. The Morgan fingerprint density at radius 2 is 2.04 bits per heavy atom. The highest BCUT2D eigenvalue weighted by molar-refractivity contribution is 5.78. The number of β-amino-alcohol motifs (C(OH)–C–C–N with tert-alkyl or cyclic N) is 1. The van der Waals surface area contributed by atoms with E-state index in [2.05, 4.69) is 11.0 Å². The van der Waals surface area contributed by atoms with Gasteiger partial charge in [-0.1, -0.05) is 29.8 Å². The zero-order chi connectivity index (χ0) is 16.7. The fourth-order valence-corrected chi connectivity index (χ4v) is 2.89. The number of aliphatic hydroxyl groups is 1. The third-order valence-electron chi connectivity index (χ3n) is 4.15. The molecule has 1 fully saturated rings. The number of ether oxygens (including phenoxy) is 1. The Bertz CT molecular complexity index is 499. The number of aryl methyl sites for hydroxylation is 1. The molecule has 5 nitrogen and oxygen atoms in total. The van der Waals surface area contributed by atoms with Gasteiger partial charge in [-0.3, -0.25) is 9.69 Å². The van der Waals surface area contributed by atoms with E-state index in [0.29, 0.717) is 26.2 Å². The van der Waals surface area contributed by atoms with Crippen LogP contribution in [0.2, 0.25) is 0 Å². The summed E-state index contributed by atoms with van der Waals surface area (Å²) in [6.07, 6.45) is 0.0127. The van der Waals surface area contributed by atoms with E-state index in [4.69, 9.17) is 4.74 Å². The van der Waals surface area contributed by atoms with Gasteiger partial charge < -0.3 is 14.7 Å². The molecule has 0 aromatic heterocycles. The third-order valence-corrected chi connectivity index (χ3v) is 4.15. The second-order valence-electron chi connectivity index (χ2n) is 6.16. The number of benzene rings is 1. The Kier molecular flexibility index (Phi) is 7.02. The van der Waals surface area contributed by atoms with Crippen LogP contribution in [0, 0.1) is 6.92 Å². The number of rotatable bonds is 7. The van der Waals surface area contributed by atoms with Crippen LogP contribution in [0.3, 0.4) is 0 Å². The van der Waals surface area contributed by atoms with E-state index in [-0.39, 0.29) is 5.91 Å². The summed E-state index contributed by atoms with van der Waals surface area (Å²) in [5, 5.41) is 9.88. The molecule has 1 aliphatic heterocycles. The molecule has 23 heavy (non-hydrogen) atoms. The molecular formula is C18H28N2O3. The topological polar surface area (TPSA) is 53.0 Å². The molecule has 0 radical (unpaired) electrons. The van der Waals surface area contributed by atoms with Gasteiger partial charge in [0.05, 0.1) is 19.1 Å². The molecule has 0 bridgehead atoms. The Morgan fingerprint density at radius 1 is 1.30 bits per heavy atom. The predicted octanol–water partition coefficient (Wildman–Crippen LogP) is 1.08. The lowest BCUT2D eigenvalue weighted by Gasteiger charge is -2.35. The molecule has 1 aromatic rings. The molecule has 1 aromatic carbocycles. The first-order chi connectivity index (χ1) is 11.1. The number of carbonyl (C=O) groups excluding carboxylic acids is 1. The van der Waals surface area contributed by atoms with Crippen LogP contribution in [0.1, 0.15) is 18.1 Å². The zero-order valence-electron chi connectivity index (χ0n) is 14.2. The van der Waals surface area contributed by atoms with Gasteiger partial charge in [-0.05, 0) is 19.4 Å². The van der Waals surface area contributed by atoms with Gasteiger partial charge in [-0.2, -0.15) is 0 Å². The minimum atomic E-state index is -0.454. The Morgan fingerprint density at radius 3 is 2.70 bits per heavy atom. The van der Waals surface area contributed by atoms with Crippen LogP contribution in [0.4, 0.5) is 0 Å². The van der Waals surface area contributed by atoms with Crippen LogP contribution in [-0.2, 0) is 16.0 Å². The predicted molar refractivity (Wildman–Crippen MR) is 90.4 cm³/mol. The second kappa shape index (κ2) is 9.01. The van der Waals surface area contributed by atoms with Crippen molar-refractivity contribution in [3.05, 3.63) is 35.4 Å². The highest BCUT2D eigenvalue weighted by Crippen LogP contribution is 2.09. The van der Waals surface area contributed by atoms with E-state index in [1.54, 1.807) is 0 Å². The number of hydrogen-bond acceptors (Lipinski definition) is 4. The molecule has 2 rings (SSSR count). The van der Waals surface area contributed by atoms with Crippen LogP contribution < -0.4 is 0 Å². The van der Waals surface area contributed by atoms with Gasteiger partial charge in [-0.25, -0.2) is 0 Å². The molecule has 1 aliphatic rings. The average molecular weight is 320 g/mol. The van der Waals surface area contributed by atoms with E-state index < -0.39 is 6.10 Å². The zero-order valence-corrected chi connectivity index (χ0v) is 14.2. The number of hydrogen-bond donors (Lipinski definition) is 1. The minimum Gasteiger partial charge on any atom is -0.389 e. The maximum atomic E-state index is 12.4. The quantitative estimate of drug-likeness (QED) is 0.817. The summed E-state index contributed by atoms with van der Waals surface area (Å²) in [7, 11) is 0. The van der Waals surface area contributed by atoms with Crippen LogP contribution >= 0.6 is 0 Å².